The molecule has 28 heavy (non-hydrogen) atoms. The van der Waals surface area contributed by atoms with Crippen LogP contribution in [-0.2, 0) is 4.57 Å². The van der Waals surface area contributed by atoms with Crippen LogP contribution >= 0.6 is 8.46 Å². The maximum absolute atomic E-state index is 11.7. The molecule has 0 N–H and O–H groups in total. The van der Waals surface area contributed by atoms with Crippen molar-refractivity contribution >= 4 is 20.6 Å². The molecule has 0 heterocycles. The first-order chi connectivity index (χ1) is 13.7. The molecular weight excluding hydrogens is 375 g/mol. The molecule has 1 unspecified atom stereocenters. The van der Waals surface area contributed by atoms with E-state index >= 15 is 0 Å². The zero-order valence-corrected chi connectivity index (χ0v) is 17.7. The summed E-state index contributed by atoms with van der Waals surface area (Å²) in [6.07, 6.45) is 7.23. The summed E-state index contributed by atoms with van der Waals surface area (Å²) in [6.45, 7) is 0. The number of hydrogen-bond donors (Lipinski definition) is 0. The fraction of sp³-hybridized carbons (Fsp3) is 0.273. The number of methoxy groups -OCH3 is 4. The Labute approximate surface area is 167 Å². The minimum Gasteiger partial charge on any atom is -0.496 e. The smallest absolute Gasteiger partial charge is 0.358 e. The monoisotopic (exact) mass is 401 g/mol. The van der Waals surface area contributed by atoms with E-state index < -0.39 is 8.46 Å². The Kier molecular flexibility index (Phi) is 8.57. The maximum atomic E-state index is 11.7. The number of ether oxygens (including phenoxy) is 4. The van der Waals surface area contributed by atoms with Gasteiger partial charge in [0.25, 0.3) is 0 Å². The zero-order chi connectivity index (χ0) is 20.4. The highest BCUT2D eigenvalue weighted by atomic mass is 31.1. The van der Waals surface area contributed by atoms with E-state index in [2.05, 4.69) is 0 Å². The third-order valence-electron chi connectivity index (χ3n) is 4.25. The van der Waals surface area contributed by atoms with Crippen LogP contribution in [0.1, 0.15) is 24.0 Å². The van der Waals surface area contributed by atoms with E-state index in [1.54, 1.807) is 28.4 Å². The molecule has 2 rings (SSSR count). The molecular formula is C22H26O5P+. The van der Waals surface area contributed by atoms with Gasteiger partial charge in [-0.15, -0.1) is 0 Å². The lowest BCUT2D eigenvalue weighted by molar-refractivity contribution is 0.392. The van der Waals surface area contributed by atoms with Crippen LogP contribution in [0.3, 0.4) is 0 Å². The van der Waals surface area contributed by atoms with E-state index in [0.717, 1.165) is 34.4 Å². The van der Waals surface area contributed by atoms with Crippen molar-refractivity contribution < 1.29 is 23.5 Å². The predicted octanol–water partition coefficient (Wildman–Crippen LogP) is 5.58. The first kappa shape index (κ1) is 21.5. The highest BCUT2D eigenvalue weighted by Gasteiger charge is 2.12. The average molecular weight is 401 g/mol. The molecule has 5 nitrogen and oxygen atoms in total. The molecule has 0 radical (unpaired) electrons. The second-order valence-electron chi connectivity index (χ2n) is 5.87. The zero-order valence-electron chi connectivity index (χ0n) is 16.7. The van der Waals surface area contributed by atoms with Gasteiger partial charge in [0, 0.05) is 12.5 Å². The molecule has 0 aliphatic carbocycles. The Morgan fingerprint density at radius 1 is 0.821 bits per heavy atom. The summed E-state index contributed by atoms with van der Waals surface area (Å²) in [5.74, 6) is 2.86. The highest BCUT2D eigenvalue weighted by molar-refractivity contribution is 7.29. The van der Waals surface area contributed by atoms with Gasteiger partial charge in [0.15, 0.2) is 5.31 Å². The van der Waals surface area contributed by atoms with Gasteiger partial charge in [0.05, 0.1) is 39.6 Å². The van der Waals surface area contributed by atoms with Crippen LogP contribution in [0.25, 0.3) is 12.2 Å². The minimum absolute atomic E-state index is 0.540. The third-order valence-corrected chi connectivity index (χ3v) is 4.90. The number of hydrogen-bond acceptors (Lipinski definition) is 5. The SMILES string of the molecule is COc1cccc(OC)c1C=CCCC(=Cc1c(OC)cccc1OC)[PH+]=O. The lowest BCUT2D eigenvalue weighted by atomic mass is 10.1. The summed E-state index contributed by atoms with van der Waals surface area (Å²) in [6, 6.07) is 11.2. The largest absolute Gasteiger partial charge is 0.496 e. The maximum Gasteiger partial charge on any atom is 0.358 e. The number of benzene rings is 2. The van der Waals surface area contributed by atoms with Crippen molar-refractivity contribution in [3.63, 3.8) is 0 Å². The van der Waals surface area contributed by atoms with E-state index in [4.69, 9.17) is 18.9 Å². The van der Waals surface area contributed by atoms with Crippen LogP contribution in [0, 0.1) is 0 Å². The Balaban J connectivity index is 2.17. The normalized spacial score (nSPS) is 11.6. The van der Waals surface area contributed by atoms with Crippen molar-refractivity contribution in [2.24, 2.45) is 0 Å². The van der Waals surface area contributed by atoms with Gasteiger partial charge in [-0.1, -0.05) is 28.8 Å². The van der Waals surface area contributed by atoms with Crippen LogP contribution in [-0.4, -0.2) is 28.4 Å². The Morgan fingerprint density at radius 3 is 1.71 bits per heavy atom. The average Bonchev–Trinajstić information content (AvgIpc) is 2.75. The van der Waals surface area contributed by atoms with Crippen molar-refractivity contribution in [1.29, 1.82) is 0 Å². The van der Waals surface area contributed by atoms with E-state index in [9.17, 15) is 4.57 Å². The number of allylic oxidation sites excluding steroid dienone is 2. The summed E-state index contributed by atoms with van der Waals surface area (Å²) in [7, 11) is 5.93. The molecule has 1 atom stereocenters. The van der Waals surface area contributed by atoms with Crippen molar-refractivity contribution in [3.05, 3.63) is 58.9 Å². The summed E-state index contributed by atoms with van der Waals surface area (Å²) < 4.78 is 33.3. The molecule has 0 saturated carbocycles. The van der Waals surface area contributed by atoms with Crippen molar-refractivity contribution in [2.75, 3.05) is 28.4 Å². The lowest BCUT2D eigenvalue weighted by Crippen LogP contribution is -1.92. The van der Waals surface area contributed by atoms with Crippen LogP contribution in [0.4, 0.5) is 0 Å². The van der Waals surface area contributed by atoms with Crippen molar-refractivity contribution in [1.82, 2.24) is 0 Å². The lowest BCUT2D eigenvalue weighted by Gasteiger charge is -2.09. The van der Waals surface area contributed by atoms with Gasteiger partial charge in [-0.25, -0.2) is 0 Å². The fourth-order valence-corrected chi connectivity index (χ4v) is 3.28. The summed E-state index contributed by atoms with van der Waals surface area (Å²) >= 11 is 0. The summed E-state index contributed by atoms with van der Waals surface area (Å²) in [5, 5.41) is 0.805. The third kappa shape index (κ3) is 5.37. The van der Waals surface area contributed by atoms with Gasteiger partial charge in [0.2, 0.25) is 0 Å². The van der Waals surface area contributed by atoms with E-state index in [0.29, 0.717) is 17.9 Å². The molecule has 2 aromatic carbocycles. The molecule has 0 fully saturated rings. The van der Waals surface area contributed by atoms with Gasteiger partial charge < -0.3 is 18.9 Å². The van der Waals surface area contributed by atoms with Gasteiger partial charge in [0.1, 0.15) is 23.0 Å². The first-order valence-electron chi connectivity index (χ1n) is 8.85. The summed E-state index contributed by atoms with van der Waals surface area (Å²) in [5.41, 5.74) is 1.68. The van der Waals surface area contributed by atoms with Gasteiger partial charge >= 0.3 is 8.46 Å². The molecule has 0 bridgehead atoms. The van der Waals surface area contributed by atoms with Crippen molar-refractivity contribution in [3.8, 4) is 23.0 Å². The van der Waals surface area contributed by atoms with E-state index in [1.807, 2.05) is 54.6 Å². The molecule has 0 aliphatic heterocycles. The molecule has 0 saturated heterocycles. The van der Waals surface area contributed by atoms with Crippen LogP contribution < -0.4 is 18.9 Å². The van der Waals surface area contributed by atoms with Gasteiger partial charge in [-0.05, 0) is 30.7 Å². The molecule has 2 aromatic rings. The molecule has 0 aromatic heterocycles. The molecule has 6 heteroatoms. The quantitative estimate of drug-likeness (QED) is 0.487. The van der Waals surface area contributed by atoms with Crippen LogP contribution in [0.15, 0.2) is 47.8 Å². The Hall–Kier alpha value is -2.78. The van der Waals surface area contributed by atoms with Gasteiger partial charge in [-0.2, -0.15) is 0 Å². The van der Waals surface area contributed by atoms with E-state index in [1.165, 1.54) is 0 Å². The number of rotatable bonds is 10. The molecule has 0 spiro atoms. The molecule has 0 aliphatic rings. The molecule has 148 valence electrons. The standard InChI is InChI=1S/C22H25O5P/c1-24-19-11-7-12-20(25-2)17(19)10-6-5-9-16(28-23)15-18-21(26-3)13-8-14-22(18)27-4/h6-8,10-15H,5,9H2,1-4H3/p+1. The highest BCUT2D eigenvalue weighted by Crippen LogP contribution is 2.34. The second kappa shape index (κ2) is 11.2. The van der Waals surface area contributed by atoms with Gasteiger partial charge in [-0.3, -0.25) is 0 Å². The Bertz CT molecular complexity index is 814. The second-order valence-corrected chi connectivity index (χ2v) is 6.71. The van der Waals surface area contributed by atoms with Crippen molar-refractivity contribution in [2.45, 2.75) is 12.8 Å². The van der Waals surface area contributed by atoms with Crippen LogP contribution in [0.2, 0.25) is 0 Å². The van der Waals surface area contributed by atoms with Crippen LogP contribution in [0.5, 0.6) is 23.0 Å². The topological polar surface area (TPSA) is 54.0 Å². The minimum atomic E-state index is -0.540. The fourth-order valence-electron chi connectivity index (χ4n) is 2.83. The summed E-state index contributed by atoms with van der Waals surface area (Å²) in [4.78, 5) is 0. The first-order valence-corrected chi connectivity index (χ1v) is 9.76. The predicted molar refractivity (Wildman–Crippen MR) is 114 cm³/mol. The molecule has 0 amide bonds. The Morgan fingerprint density at radius 2 is 1.29 bits per heavy atom. The van der Waals surface area contributed by atoms with E-state index in [-0.39, 0.29) is 0 Å².